The summed E-state index contributed by atoms with van der Waals surface area (Å²) in [6.45, 7) is 1.65. The van der Waals surface area contributed by atoms with Gasteiger partial charge in [-0.3, -0.25) is 9.51 Å². The number of nitrogens with zero attached hydrogens (tertiary/aromatic N) is 1. The molecule has 13 heavy (non-hydrogen) atoms. The van der Waals surface area contributed by atoms with E-state index in [9.17, 15) is 9.59 Å². The van der Waals surface area contributed by atoms with Crippen LogP contribution in [0.1, 0.15) is 12.7 Å². The molecule has 1 unspecified atom stereocenters. The van der Waals surface area contributed by atoms with Crippen molar-refractivity contribution in [3.05, 3.63) is 16.4 Å². The first-order valence-corrected chi connectivity index (χ1v) is 3.62. The van der Waals surface area contributed by atoms with Gasteiger partial charge < -0.3 is 10.4 Å². The highest BCUT2D eigenvalue weighted by Gasteiger charge is 2.09. The molecule has 0 aliphatic carbocycles. The summed E-state index contributed by atoms with van der Waals surface area (Å²) in [6.07, 6.45) is -0.823. The van der Waals surface area contributed by atoms with Crippen molar-refractivity contribution in [3.8, 4) is 0 Å². The average molecular weight is 187 g/mol. The molecule has 1 heterocycles. The highest BCUT2D eigenvalue weighted by molar-refractivity contribution is 5.64. The summed E-state index contributed by atoms with van der Waals surface area (Å²) in [6, 6.07) is -0.321. The Balaban J connectivity index is 2.49. The first kappa shape index (κ1) is 9.30. The molecule has 0 fully saturated rings. The number of hydrogen-bond acceptors (Lipinski definition) is 4. The van der Waals surface area contributed by atoms with Gasteiger partial charge in [0.2, 0.25) is 0 Å². The third-order valence-corrected chi connectivity index (χ3v) is 1.35. The third kappa shape index (κ3) is 2.97. The summed E-state index contributed by atoms with van der Waals surface area (Å²) in [5.41, 5.74) is 0. The molecule has 0 aliphatic rings. The number of aromatic amines is 1. The molecule has 1 amide bonds. The maximum atomic E-state index is 10.5. The van der Waals surface area contributed by atoms with Gasteiger partial charge in [0.05, 0.1) is 0 Å². The highest BCUT2D eigenvalue weighted by atomic mass is 16.5. The molecule has 7 nitrogen and oxygen atoms in total. The zero-order chi connectivity index (χ0) is 9.84. The largest absolute Gasteiger partial charge is 0.465 e. The Bertz CT molecular complexity index is 342. The molecule has 1 rings (SSSR count). The van der Waals surface area contributed by atoms with Crippen LogP contribution in [0.25, 0.3) is 0 Å². The Morgan fingerprint density at radius 2 is 2.54 bits per heavy atom. The van der Waals surface area contributed by atoms with Crippen molar-refractivity contribution in [2.75, 3.05) is 0 Å². The van der Waals surface area contributed by atoms with Crippen molar-refractivity contribution >= 4 is 6.09 Å². The molecule has 0 saturated heterocycles. The van der Waals surface area contributed by atoms with E-state index < -0.39 is 11.8 Å². The monoisotopic (exact) mass is 187 g/mol. The number of carboxylic acid groups (broad SMARTS) is 1. The number of amides is 1. The van der Waals surface area contributed by atoms with Gasteiger partial charge in [0, 0.05) is 12.5 Å². The summed E-state index contributed by atoms with van der Waals surface area (Å²) in [5, 5.41) is 13.9. The second kappa shape index (κ2) is 3.74. The van der Waals surface area contributed by atoms with Crippen molar-refractivity contribution in [2.45, 2.75) is 19.4 Å². The molecular formula is C6H9N3O4. The SMILES string of the molecule is CC(Cc1noc(=O)[nH]1)NC(=O)O. The zero-order valence-electron chi connectivity index (χ0n) is 6.90. The molecule has 72 valence electrons. The molecule has 0 spiro atoms. The minimum atomic E-state index is -1.11. The van der Waals surface area contributed by atoms with E-state index in [4.69, 9.17) is 5.11 Å². The van der Waals surface area contributed by atoms with Gasteiger partial charge in [0.1, 0.15) is 0 Å². The van der Waals surface area contributed by atoms with Crippen LogP contribution in [0.15, 0.2) is 9.32 Å². The van der Waals surface area contributed by atoms with E-state index in [0.29, 0.717) is 5.82 Å². The summed E-state index contributed by atoms with van der Waals surface area (Å²) < 4.78 is 4.23. The Kier molecular flexibility index (Phi) is 2.68. The molecule has 0 radical (unpaired) electrons. The molecule has 0 saturated carbocycles. The summed E-state index contributed by atoms with van der Waals surface area (Å²) in [4.78, 5) is 23.0. The Labute approximate surface area is 72.7 Å². The smallest absolute Gasteiger partial charge is 0.438 e. The second-order valence-electron chi connectivity index (χ2n) is 2.60. The van der Waals surface area contributed by atoms with Gasteiger partial charge >= 0.3 is 11.8 Å². The molecule has 0 aliphatic heterocycles. The predicted octanol–water partition coefficient (Wildman–Crippen LogP) is -0.438. The summed E-state index contributed by atoms with van der Waals surface area (Å²) in [7, 11) is 0. The summed E-state index contributed by atoms with van der Waals surface area (Å²) >= 11 is 0. The fourth-order valence-corrected chi connectivity index (χ4v) is 0.900. The number of hydrogen-bond donors (Lipinski definition) is 3. The molecule has 3 N–H and O–H groups in total. The van der Waals surface area contributed by atoms with Crippen LogP contribution in [-0.4, -0.2) is 27.4 Å². The van der Waals surface area contributed by atoms with Gasteiger partial charge in [-0.25, -0.2) is 9.59 Å². The average Bonchev–Trinajstić information content (AvgIpc) is 2.33. The van der Waals surface area contributed by atoms with Gasteiger partial charge in [-0.1, -0.05) is 5.16 Å². The zero-order valence-corrected chi connectivity index (χ0v) is 6.90. The topological polar surface area (TPSA) is 108 Å². The lowest BCUT2D eigenvalue weighted by molar-refractivity contribution is 0.190. The first-order valence-electron chi connectivity index (χ1n) is 3.62. The fourth-order valence-electron chi connectivity index (χ4n) is 0.900. The van der Waals surface area contributed by atoms with Crippen molar-refractivity contribution in [2.24, 2.45) is 0 Å². The van der Waals surface area contributed by atoms with E-state index >= 15 is 0 Å². The lowest BCUT2D eigenvalue weighted by Gasteiger charge is -2.07. The molecule has 1 aromatic heterocycles. The molecule has 1 atom stereocenters. The van der Waals surface area contributed by atoms with Crippen LogP contribution in [-0.2, 0) is 6.42 Å². The predicted molar refractivity (Wildman–Crippen MR) is 41.5 cm³/mol. The van der Waals surface area contributed by atoms with Gasteiger partial charge in [0.15, 0.2) is 5.82 Å². The molecule has 0 aromatic carbocycles. The Morgan fingerprint density at radius 1 is 1.85 bits per heavy atom. The van der Waals surface area contributed by atoms with E-state index in [1.807, 2.05) is 0 Å². The first-order chi connectivity index (χ1) is 6.08. The van der Waals surface area contributed by atoms with Crippen molar-refractivity contribution < 1.29 is 14.4 Å². The van der Waals surface area contributed by atoms with Crippen LogP contribution in [0.4, 0.5) is 4.79 Å². The second-order valence-corrected chi connectivity index (χ2v) is 2.60. The molecule has 0 bridgehead atoms. The van der Waals surface area contributed by atoms with Crippen LogP contribution in [0.3, 0.4) is 0 Å². The van der Waals surface area contributed by atoms with Crippen LogP contribution in [0.5, 0.6) is 0 Å². The quantitative estimate of drug-likeness (QED) is 0.594. The molecule has 1 aromatic rings. The van der Waals surface area contributed by atoms with Crippen LogP contribution in [0.2, 0.25) is 0 Å². The van der Waals surface area contributed by atoms with Gasteiger partial charge in [-0.05, 0) is 6.92 Å². The van der Waals surface area contributed by atoms with Crippen molar-refractivity contribution in [3.63, 3.8) is 0 Å². The van der Waals surface area contributed by atoms with E-state index in [0.717, 1.165) is 0 Å². The van der Waals surface area contributed by atoms with Crippen LogP contribution < -0.4 is 11.1 Å². The van der Waals surface area contributed by atoms with E-state index in [1.54, 1.807) is 6.92 Å². The number of nitrogens with one attached hydrogen (secondary N) is 2. The number of carbonyl (C=O) groups is 1. The van der Waals surface area contributed by atoms with Gasteiger partial charge in [0.25, 0.3) is 0 Å². The van der Waals surface area contributed by atoms with Crippen molar-refractivity contribution in [1.29, 1.82) is 0 Å². The minimum absolute atomic E-state index is 0.290. The number of H-pyrrole nitrogens is 1. The summed E-state index contributed by atoms with van der Waals surface area (Å²) in [5.74, 6) is -0.316. The van der Waals surface area contributed by atoms with Gasteiger partial charge in [-0.15, -0.1) is 0 Å². The highest BCUT2D eigenvalue weighted by Crippen LogP contribution is 1.92. The van der Waals surface area contributed by atoms with Crippen LogP contribution >= 0.6 is 0 Å². The molecule has 7 heteroatoms. The van der Waals surface area contributed by atoms with Crippen LogP contribution in [0, 0.1) is 0 Å². The van der Waals surface area contributed by atoms with Crippen molar-refractivity contribution in [1.82, 2.24) is 15.5 Å². The van der Waals surface area contributed by atoms with E-state index in [2.05, 4.69) is 20.0 Å². The molecular weight excluding hydrogens is 178 g/mol. The lowest BCUT2D eigenvalue weighted by atomic mass is 10.2. The number of rotatable bonds is 3. The maximum absolute atomic E-state index is 10.5. The Hall–Kier alpha value is -1.79. The minimum Gasteiger partial charge on any atom is -0.465 e. The Morgan fingerprint density at radius 3 is 3.00 bits per heavy atom. The normalized spacial score (nSPS) is 12.4. The maximum Gasteiger partial charge on any atom is 0.438 e. The third-order valence-electron chi connectivity index (χ3n) is 1.35. The standard InChI is InChI=1S/C6H9N3O4/c1-3(7-5(10)11)2-4-8-6(12)13-9-4/h3,7H,2H2,1H3,(H,10,11)(H,8,9,12). The number of aromatic nitrogens is 2. The lowest BCUT2D eigenvalue weighted by Crippen LogP contribution is -2.33. The van der Waals surface area contributed by atoms with Gasteiger partial charge in [-0.2, -0.15) is 0 Å². The van der Waals surface area contributed by atoms with E-state index in [-0.39, 0.29) is 12.5 Å². The fraction of sp³-hybridized carbons (Fsp3) is 0.500. The van der Waals surface area contributed by atoms with E-state index in [1.165, 1.54) is 0 Å².